The van der Waals surface area contributed by atoms with Gasteiger partial charge in [0, 0.05) is 36.9 Å². The van der Waals surface area contributed by atoms with E-state index in [1.54, 1.807) is 7.11 Å². The second-order valence-corrected chi connectivity index (χ2v) is 6.81. The van der Waals surface area contributed by atoms with Gasteiger partial charge in [0.2, 0.25) is 0 Å². The summed E-state index contributed by atoms with van der Waals surface area (Å²) in [5, 5.41) is 9.08. The first-order valence-electron chi connectivity index (χ1n) is 7.19. The minimum absolute atomic E-state index is 0. The lowest BCUT2D eigenvalue weighted by molar-refractivity contribution is 0.0613. The van der Waals surface area contributed by atoms with Gasteiger partial charge in [-0.25, -0.2) is 0 Å². The zero-order chi connectivity index (χ0) is 15.0. The lowest BCUT2D eigenvalue weighted by atomic mass is 9.72. The van der Waals surface area contributed by atoms with Crippen molar-refractivity contribution in [2.75, 3.05) is 33.9 Å². The summed E-state index contributed by atoms with van der Waals surface area (Å²) < 4.78 is 12.3. The van der Waals surface area contributed by atoms with Gasteiger partial charge in [-0.3, -0.25) is 0 Å². The standard InChI is InChI=1S/C16H19BrN2O2.ClH/c1-19-7-10(3-4-18)14-9-21-16-12(13(14)8-19)5-11(20-2)6-15(16)17;/h5-6,10,13-14H,3,7-9H2,1-2H3;1H/t10-,13-,14-;/m0./s1. The normalized spacial score (nSPS) is 26.7. The van der Waals surface area contributed by atoms with Crippen molar-refractivity contribution in [3.63, 3.8) is 0 Å². The molecule has 1 aromatic rings. The van der Waals surface area contributed by atoms with Crippen LogP contribution >= 0.6 is 28.3 Å². The molecule has 0 N–H and O–H groups in total. The van der Waals surface area contributed by atoms with Gasteiger partial charge in [-0.15, -0.1) is 12.4 Å². The average Bonchev–Trinajstić information content (AvgIpc) is 2.47. The van der Waals surface area contributed by atoms with Crippen LogP contribution in [0.5, 0.6) is 11.5 Å². The van der Waals surface area contributed by atoms with Gasteiger partial charge in [0.25, 0.3) is 0 Å². The first kappa shape index (κ1) is 17.4. The van der Waals surface area contributed by atoms with Crippen LogP contribution in [-0.2, 0) is 0 Å². The summed E-state index contributed by atoms with van der Waals surface area (Å²) in [5.41, 5.74) is 1.20. The van der Waals surface area contributed by atoms with Crippen LogP contribution in [-0.4, -0.2) is 38.8 Å². The fourth-order valence-corrected chi connectivity index (χ4v) is 4.21. The van der Waals surface area contributed by atoms with E-state index < -0.39 is 0 Å². The molecule has 4 nitrogen and oxygen atoms in total. The van der Waals surface area contributed by atoms with Gasteiger partial charge in [-0.2, -0.15) is 5.26 Å². The molecular formula is C16H20BrClN2O2. The molecule has 6 heteroatoms. The maximum absolute atomic E-state index is 9.08. The molecule has 0 bridgehead atoms. The quantitative estimate of drug-likeness (QED) is 0.780. The molecule has 3 atom stereocenters. The summed E-state index contributed by atoms with van der Waals surface area (Å²) in [6.45, 7) is 2.67. The highest BCUT2D eigenvalue weighted by Gasteiger charge is 2.41. The SMILES string of the molecule is COc1cc(Br)c2c(c1)[C@@H]1CN(C)C[C@H](CC#N)[C@@H]1CO2.Cl. The molecule has 0 spiro atoms. The minimum atomic E-state index is 0. The number of hydrogen-bond donors (Lipinski definition) is 0. The lowest BCUT2D eigenvalue weighted by Crippen LogP contribution is -2.47. The van der Waals surface area contributed by atoms with E-state index in [9.17, 15) is 0 Å². The number of hydrogen-bond acceptors (Lipinski definition) is 4. The largest absolute Gasteiger partial charge is 0.497 e. The number of rotatable bonds is 2. The van der Waals surface area contributed by atoms with Crippen molar-refractivity contribution in [1.29, 1.82) is 5.26 Å². The van der Waals surface area contributed by atoms with Crippen molar-refractivity contribution in [1.82, 2.24) is 4.90 Å². The highest BCUT2D eigenvalue weighted by Crippen LogP contribution is 2.48. The Bertz CT molecular complexity index is 590. The zero-order valence-electron chi connectivity index (χ0n) is 12.7. The van der Waals surface area contributed by atoms with E-state index in [0.717, 1.165) is 29.1 Å². The van der Waals surface area contributed by atoms with E-state index in [4.69, 9.17) is 14.7 Å². The number of fused-ring (bicyclic) bond motifs is 3. The van der Waals surface area contributed by atoms with E-state index in [2.05, 4.69) is 40.0 Å². The smallest absolute Gasteiger partial charge is 0.137 e. The molecule has 1 saturated heterocycles. The summed E-state index contributed by atoms with van der Waals surface area (Å²) in [6.07, 6.45) is 0.593. The van der Waals surface area contributed by atoms with Crippen LogP contribution in [0.4, 0.5) is 0 Å². The van der Waals surface area contributed by atoms with Crippen molar-refractivity contribution in [2.24, 2.45) is 11.8 Å². The number of nitriles is 1. The number of benzene rings is 1. The van der Waals surface area contributed by atoms with Crippen LogP contribution in [0, 0.1) is 23.2 Å². The molecule has 0 unspecified atom stereocenters. The maximum atomic E-state index is 9.08. The number of nitrogens with zero attached hydrogens (tertiary/aromatic N) is 2. The number of halogens is 2. The van der Waals surface area contributed by atoms with Gasteiger partial charge in [-0.05, 0) is 41.0 Å². The Morgan fingerprint density at radius 1 is 1.45 bits per heavy atom. The molecule has 120 valence electrons. The van der Waals surface area contributed by atoms with Crippen molar-refractivity contribution >= 4 is 28.3 Å². The Hall–Kier alpha value is -0.960. The molecule has 2 aliphatic rings. The second-order valence-electron chi connectivity index (χ2n) is 5.95. The number of likely N-dealkylation sites (N-methyl/N-ethyl adjacent to an activating group) is 1. The van der Waals surface area contributed by atoms with Gasteiger partial charge in [0.05, 0.1) is 24.3 Å². The Balaban J connectivity index is 0.00000176. The highest BCUT2D eigenvalue weighted by molar-refractivity contribution is 9.10. The molecule has 1 aromatic carbocycles. The van der Waals surface area contributed by atoms with Crippen LogP contribution < -0.4 is 9.47 Å². The monoisotopic (exact) mass is 386 g/mol. The van der Waals surface area contributed by atoms with Gasteiger partial charge in [0.1, 0.15) is 11.5 Å². The molecule has 0 aliphatic carbocycles. The Morgan fingerprint density at radius 3 is 2.91 bits per heavy atom. The van der Waals surface area contributed by atoms with Crippen molar-refractivity contribution < 1.29 is 9.47 Å². The summed E-state index contributed by atoms with van der Waals surface area (Å²) in [7, 11) is 3.81. The van der Waals surface area contributed by atoms with E-state index in [1.165, 1.54) is 5.56 Å². The van der Waals surface area contributed by atoms with Gasteiger partial charge < -0.3 is 14.4 Å². The Kier molecular flexibility index (Phi) is 5.60. The van der Waals surface area contributed by atoms with E-state index in [-0.39, 0.29) is 12.4 Å². The Labute approximate surface area is 145 Å². The van der Waals surface area contributed by atoms with E-state index in [0.29, 0.717) is 30.8 Å². The molecule has 0 radical (unpaired) electrons. The maximum Gasteiger partial charge on any atom is 0.137 e. The number of piperidine rings is 1. The Morgan fingerprint density at radius 2 is 2.23 bits per heavy atom. The van der Waals surface area contributed by atoms with Crippen LogP contribution in [0.2, 0.25) is 0 Å². The number of likely N-dealkylation sites (tertiary alicyclic amines) is 1. The molecule has 3 rings (SSSR count). The summed E-state index contributed by atoms with van der Waals surface area (Å²) >= 11 is 3.58. The molecule has 1 fully saturated rings. The molecule has 0 saturated carbocycles. The molecule has 0 aromatic heterocycles. The van der Waals surface area contributed by atoms with Crippen LogP contribution in [0.25, 0.3) is 0 Å². The minimum Gasteiger partial charge on any atom is -0.497 e. The predicted molar refractivity (Wildman–Crippen MR) is 90.9 cm³/mol. The zero-order valence-corrected chi connectivity index (χ0v) is 15.1. The number of methoxy groups -OCH3 is 1. The van der Waals surface area contributed by atoms with Gasteiger partial charge >= 0.3 is 0 Å². The molecule has 0 amide bonds. The van der Waals surface area contributed by atoms with Crippen LogP contribution in [0.1, 0.15) is 17.9 Å². The third-order valence-electron chi connectivity index (χ3n) is 4.63. The third-order valence-corrected chi connectivity index (χ3v) is 5.22. The van der Waals surface area contributed by atoms with E-state index in [1.807, 2.05) is 6.07 Å². The topological polar surface area (TPSA) is 45.5 Å². The van der Waals surface area contributed by atoms with Gasteiger partial charge in [0.15, 0.2) is 0 Å². The van der Waals surface area contributed by atoms with Gasteiger partial charge in [-0.1, -0.05) is 0 Å². The first-order chi connectivity index (χ1) is 10.1. The second kappa shape index (κ2) is 7.08. The summed E-state index contributed by atoms with van der Waals surface area (Å²) in [6, 6.07) is 6.36. The fraction of sp³-hybridized carbons (Fsp3) is 0.562. The molecule has 2 heterocycles. The molecule has 22 heavy (non-hydrogen) atoms. The molecular weight excluding hydrogens is 368 g/mol. The van der Waals surface area contributed by atoms with Crippen LogP contribution in [0.3, 0.4) is 0 Å². The van der Waals surface area contributed by atoms with Crippen molar-refractivity contribution in [2.45, 2.75) is 12.3 Å². The van der Waals surface area contributed by atoms with Crippen molar-refractivity contribution in [3.8, 4) is 17.6 Å². The summed E-state index contributed by atoms with van der Waals surface area (Å²) in [4.78, 5) is 2.33. The average molecular weight is 388 g/mol. The summed E-state index contributed by atoms with van der Waals surface area (Å²) in [5.74, 6) is 2.96. The lowest BCUT2D eigenvalue weighted by Gasteiger charge is -2.45. The van der Waals surface area contributed by atoms with E-state index >= 15 is 0 Å². The van der Waals surface area contributed by atoms with Crippen LogP contribution in [0.15, 0.2) is 16.6 Å². The van der Waals surface area contributed by atoms with Crippen molar-refractivity contribution in [3.05, 3.63) is 22.2 Å². The third kappa shape index (κ3) is 3.05. The predicted octanol–water partition coefficient (Wildman–Crippen LogP) is 3.45. The number of ether oxygens (including phenoxy) is 2. The highest BCUT2D eigenvalue weighted by atomic mass is 79.9. The first-order valence-corrected chi connectivity index (χ1v) is 7.99. The fourth-order valence-electron chi connectivity index (χ4n) is 3.64. The molecule has 2 aliphatic heterocycles.